The molecule has 0 aliphatic rings. The van der Waals surface area contributed by atoms with Crippen molar-refractivity contribution in [1.29, 1.82) is 0 Å². The predicted molar refractivity (Wildman–Crippen MR) is 83.0 cm³/mol. The Bertz CT molecular complexity index is 384. The minimum absolute atomic E-state index is 0.170. The van der Waals surface area contributed by atoms with Crippen LogP contribution in [0.15, 0.2) is 22.7 Å². The van der Waals surface area contributed by atoms with Gasteiger partial charge in [-0.05, 0) is 36.7 Å². The van der Waals surface area contributed by atoms with Crippen molar-refractivity contribution in [3.8, 4) is 0 Å². The molecule has 1 aromatic rings. The van der Waals surface area contributed by atoms with E-state index in [4.69, 9.17) is 17.3 Å². The van der Waals surface area contributed by atoms with Crippen molar-refractivity contribution in [3.63, 3.8) is 0 Å². The molecule has 4 heteroatoms. The molecule has 0 aliphatic carbocycles. The van der Waals surface area contributed by atoms with Gasteiger partial charge < -0.3 is 5.73 Å². The highest BCUT2D eigenvalue weighted by atomic mass is 79.9. The molecular weight excluding hydrogens is 312 g/mol. The van der Waals surface area contributed by atoms with E-state index >= 15 is 0 Å². The Morgan fingerprint density at radius 2 is 2.11 bits per heavy atom. The summed E-state index contributed by atoms with van der Waals surface area (Å²) in [5, 5.41) is 0.782. The molecule has 0 saturated heterocycles. The van der Waals surface area contributed by atoms with E-state index in [1.165, 1.54) is 6.42 Å². The third-order valence-corrected chi connectivity index (χ3v) is 4.21. The van der Waals surface area contributed by atoms with Crippen molar-refractivity contribution in [2.45, 2.75) is 26.3 Å². The second-order valence-electron chi connectivity index (χ2n) is 4.87. The summed E-state index contributed by atoms with van der Waals surface area (Å²) in [6.07, 6.45) is 1.17. The van der Waals surface area contributed by atoms with Gasteiger partial charge in [-0.1, -0.05) is 47.8 Å². The average Bonchev–Trinajstić information content (AvgIpc) is 2.34. The van der Waals surface area contributed by atoms with Gasteiger partial charge >= 0.3 is 0 Å². The minimum Gasteiger partial charge on any atom is -0.329 e. The normalized spacial score (nSPS) is 14.8. The van der Waals surface area contributed by atoms with Crippen molar-refractivity contribution >= 4 is 27.5 Å². The van der Waals surface area contributed by atoms with Gasteiger partial charge in [0.1, 0.15) is 0 Å². The van der Waals surface area contributed by atoms with Crippen LogP contribution in [0.5, 0.6) is 0 Å². The van der Waals surface area contributed by atoms with E-state index in [2.05, 4.69) is 47.8 Å². The van der Waals surface area contributed by atoms with Gasteiger partial charge in [0.05, 0.1) is 0 Å². The van der Waals surface area contributed by atoms with Crippen LogP contribution in [0.4, 0.5) is 0 Å². The Morgan fingerprint density at radius 3 is 2.67 bits per heavy atom. The smallest absolute Gasteiger partial charge is 0.0482 e. The van der Waals surface area contributed by atoms with Gasteiger partial charge in [-0.25, -0.2) is 0 Å². The van der Waals surface area contributed by atoms with Crippen LogP contribution in [0.25, 0.3) is 0 Å². The number of rotatable bonds is 6. The van der Waals surface area contributed by atoms with E-state index in [1.54, 1.807) is 0 Å². The molecule has 2 N–H and O–H groups in total. The van der Waals surface area contributed by atoms with Crippen LogP contribution in [0.3, 0.4) is 0 Å². The number of benzene rings is 1. The van der Waals surface area contributed by atoms with E-state index in [-0.39, 0.29) is 6.04 Å². The van der Waals surface area contributed by atoms with Crippen LogP contribution in [-0.4, -0.2) is 25.0 Å². The fraction of sp³-hybridized carbons (Fsp3) is 0.571. The van der Waals surface area contributed by atoms with Gasteiger partial charge in [0.15, 0.2) is 0 Å². The van der Waals surface area contributed by atoms with Crippen molar-refractivity contribution in [2.24, 2.45) is 11.7 Å². The number of hydrogen-bond donors (Lipinski definition) is 1. The van der Waals surface area contributed by atoms with Crippen LogP contribution in [0.2, 0.25) is 5.02 Å². The molecule has 0 spiro atoms. The summed E-state index contributed by atoms with van der Waals surface area (Å²) in [4.78, 5) is 2.29. The lowest BCUT2D eigenvalue weighted by Gasteiger charge is -2.30. The summed E-state index contributed by atoms with van der Waals surface area (Å²) in [5.74, 6) is 0.662. The zero-order chi connectivity index (χ0) is 13.7. The van der Waals surface area contributed by atoms with Gasteiger partial charge in [0.2, 0.25) is 0 Å². The molecule has 0 heterocycles. The first kappa shape index (κ1) is 16.0. The number of halogens is 2. The summed E-state index contributed by atoms with van der Waals surface area (Å²) in [6, 6.07) is 6.10. The molecule has 0 fully saturated rings. The van der Waals surface area contributed by atoms with Crippen LogP contribution in [0.1, 0.15) is 31.9 Å². The predicted octanol–water partition coefficient (Wildman–Crippen LogP) is 4.08. The second kappa shape index (κ2) is 7.49. The molecule has 18 heavy (non-hydrogen) atoms. The molecule has 1 aromatic carbocycles. The number of nitrogens with two attached hydrogens (primary N) is 1. The first-order valence-corrected chi connectivity index (χ1v) is 7.51. The van der Waals surface area contributed by atoms with Gasteiger partial charge in [-0.3, -0.25) is 4.90 Å². The quantitative estimate of drug-likeness (QED) is 0.850. The third-order valence-electron chi connectivity index (χ3n) is 3.37. The molecule has 0 radical (unpaired) electrons. The molecule has 0 saturated carbocycles. The summed E-state index contributed by atoms with van der Waals surface area (Å²) in [7, 11) is 2.11. The lowest BCUT2D eigenvalue weighted by Crippen LogP contribution is -2.33. The van der Waals surface area contributed by atoms with E-state index in [0.717, 1.165) is 21.6 Å². The molecule has 0 aliphatic heterocycles. The van der Waals surface area contributed by atoms with Gasteiger partial charge in [0.25, 0.3) is 0 Å². The van der Waals surface area contributed by atoms with Gasteiger partial charge in [0, 0.05) is 28.6 Å². The molecule has 2 nitrogen and oxygen atoms in total. The zero-order valence-electron chi connectivity index (χ0n) is 11.3. The largest absolute Gasteiger partial charge is 0.329 e. The van der Waals surface area contributed by atoms with Crippen molar-refractivity contribution in [1.82, 2.24) is 4.90 Å². The third kappa shape index (κ3) is 4.23. The maximum Gasteiger partial charge on any atom is 0.0482 e. The Labute approximate surface area is 124 Å². The summed E-state index contributed by atoms with van der Waals surface area (Å²) in [6.45, 7) is 6.07. The van der Waals surface area contributed by atoms with Crippen molar-refractivity contribution in [2.75, 3.05) is 20.1 Å². The first-order valence-electron chi connectivity index (χ1n) is 6.34. The molecule has 0 amide bonds. The van der Waals surface area contributed by atoms with Crippen molar-refractivity contribution in [3.05, 3.63) is 33.3 Å². The SMILES string of the molecule is CCC(C)CN(C)C(CN)c1cc(Br)ccc1Cl. The lowest BCUT2D eigenvalue weighted by molar-refractivity contribution is 0.215. The standard InChI is InChI=1S/C14H22BrClN2/c1-4-10(2)9-18(3)14(8-17)12-7-11(15)5-6-13(12)16/h5-7,10,14H,4,8-9,17H2,1-3H3. The monoisotopic (exact) mass is 332 g/mol. The fourth-order valence-corrected chi connectivity index (χ4v) is 2.68. The van der Waals surface area contributed by atoms with Gasteiger partial charge in [-0.2, -0.15) is 0 Å². The summed E-state index contributed by atoms with van der Waals surface area (Å²) < 4.78 is 1.04. The molecule has 2 atom stereocenters. The maximum absolute atomic E-state index is 6.28. The molecule has 0 aromatic heterocycles. The zero-order valence-corrected chi connectivity index (χ0v) is 13.6. The van der Waals surface area contributed by atoms with Gasteiger partial charge in [-0.15, -0.1) is 0 Å². The van der Waals surface area contributed by atoms with E-state index in [0.29, 0.717) is 12.5 Å². The van der Waals surface area contributed by atoms with E-state index < -0.39 is 0 Å². The fourth-order valence-electron chi connectivity index (χ4n) is 2.06. The highest BCUT2D eigenvalue weighted by molar-refractivity contribution is 9.10. The topological polar surface area (TPSA) is 29.3 Å². The summed E-state index contributed by atoms with van der Waals surface area (Å²) >= 11 is 9.77. The minimum atomic E-state index is 0.170. The number of likely N-dealkylation sites (N-methyl/N-ethyl adjacent to an activating group) is 1. The Morgan fingerprint density at radius 1 is 1.44 bits per heavy atom. The average molecular weight is 334 g/mol. The van der Waals surface area contributed by atoms with E-state index in [1.807, 2.05) is 12.1 Å². The lowest BCUT2D eigenvalue weighted by atomic mass is 10.0. The second-order valence-corrected chi connectivity index (χ2v) is 6.19. The Hall–Kier alpha value is -0.0900. The van der Waals surface area contributed by atoms with Crippen LogP contribution in [-0.2, 0) is 0 Å². The van der Waals surface area contributed by atoms with Crippen LogP contribution >= 0.6 is 27.5 Å². The highest BCUT2D eigenvalue weighted by Gasteiger charge is 2.19. The molecule has 1 rings (SSSR count). The molecular formula is C14H22BrClN2. The highest BCUT2D eigenvalue weighted by Crippen LogP contribution is 2.29. The maximum atomic E-state index is 6.28. The molecule has 0 bridgehead atoms. The molecule has 2 unspecified atom stereocenters. The Kier molecular flexibility index (Phi) is 6.64. The Balaban J connectivity index is 2.91. The first-order chi connectivity index (χ1) is 8.49. The number of nitrogens with zero attached hydrogens (tertiary/aromatic N) is 1. The van der Waals surface area contributed by atoms with E-state index in [9.17, 15) is 0 Å². The summed E-state index contributed by atoms with van der Waals surface area (Å²) in [5.41, 5.74) is 7.02. The van der Waals surface area contributed by atoms with Crippen LogP contribution in [0, 0.1) is 5.92 Å². The van der Waals surface area contributed by atoms with Crippen molar-refractivity contribution < 1.29 is 0 Å². The van der Waals surface area contributed by atoms with Crippen LogP contribution < -0.4 is 5.73 Å². The number of hydrogen-bond acceptors (Lipinski definition) is 2. The molecule has 102 valence electrons.